The molecule has 1 amide bonds. The van der Waals surface area contributed by atoms with Crippen molar-refractivity contribution in [2.45, 2.75) is 24.4 Å². The van der Waals surface area contributed by atoms with E-state index >= 15 is 0 Å². The summed E-state index contributed by atoms with van der Waals surface area (Å²) in [6, 6.07) is 11.5. The van der Waals surface area contributed by atoms with Gasteiger partial charge in [0.05, 0.1) is 13.7 Å². The molecule has 1 aliphatic rings. The smallest absolute Gasteiger partial charge is 0.351 e. The number of hydrogen-bond acceptors (Lipinski definition) is 7. The lowest BCUT2D eigenvalue weighted by Gasteiger charge is -2.21. The average Bonchev–Trinajstić information content (AvgIpc) is 3.01. The Hall–Kier alpha value is -3.41. The van der Waals surface area contributed by atoms with E-state index in [0.29, 0.717) is 15.9 Å². The monoisotopic (exact) mass is 447 g/mol. The van der Waals surface area contributed by atoms with E-state index in [9.17, 15) is 23.5 Å². The lowest BCUT2D eigenvalue weighted by atomic mass is 10.1. The summed E-state index contributed by atoms with van der Waals surface area (Å²) in [5, 5.41) is 22.8. The third-order valence-electron chi connectivity index (χ3n) is 5.19. The van der Waals surface area contributed by atoms with Crippen LogP contribution in [-0.2, 0) is 4.74 Å². The molecule has 3 N–H and O–H groups in total. The molecule has 0 radical (unpaired) electrons. The summed E-state index contributed by atoms with van der Waals surface area (Å²) in [5.41, 5.74) is -0.822. The molecule has 2 aromatic carbocycles. The van der Waals surface area contributed by atoms with Crippen molar-refractivity contribution in [3.05, 3.63) is 64.7 Å². The molecular formula is C21H19F2N3O6. The van der Waals surface area contributed by atoms with Crippen LogP contribution >= 0.6 is 0 Å². The molecule has 1 aromatic heterocycles. The maximum absolute atomic E-state index is 14.3. The molecule has 9 nitrogen and oxygen atoms in total. The molecule has 11 heteroatoms. The Morgan fingerprint density at radius 3 is 2.62 bits per heavy atom. The maximum atomic E-state index is 14.3. The van der Waals surface area contributed by atoms with Crippen molar-refractivity contribution < 1.29 is 33.3 Å². The summed E-state index contributed by atoms with van der Waals surface area (Å²) in [6.07, 6.45) is -4.99. The molecule has 0 unspecified atom stereocenters. The average molecular weight is 447 g/mol. The predicted octanol–water partition coefficient (Wildman–Crippen LogP) is 1.54. The Kier molecular flexibility index (Phi) is 5.63. The number of rotatable bonds is 5. The van der Waals surface area contributed by atoms with Crippen LogP contribution in [-0.4, -0.2) is 57.5 Å². The van der Waals surface area contributed by atoms with Crippen LogP contribution in [0.5, 0.6) is 5.75 Å². The van der Waals surface area contributed by atoms with Gasteiger partial charge in [0.2, 0.25) is 6.23 Å². The van der Waals surface area contributed by atoms with Crippen LogP contribution < -0.4 is 15.7 Å². The first-order valence-corrected chi connectivity index (χ1v) is 9.55. The Morgan fingerprint density at radius 1 is 1.25 bits per heavy atom. The van der Waals surface area contributed by atoms with Crippen LogP contribution in [0.2, 0.25) is 0 Å². The number of anilines is 1. The normalized spacial score (nSPS) is 22.1. The van der Waals surface area contributed by atoms with Gasteiger partial charge in [-0.05, 0) is 41.1 Å². The van der Waals surface area contributed by atoms with Crippen LogP contribution in [0.3, 0.4) is 0 Å². The number of ether oxygens (including phenoxy) is 2. The first-order chi connectivity index (χ1) is 15.2. The van der Waals surface area contributed by atoms with Gasteiger partial charge in [0, 0.05) is 11.8 Å². The number of carbonyl (C=O) groups is 1. The quantitative estimate of drug-likeness (QED) is 0.542. The van der Waals surface area contributed by atoms with Crippen molar-refractivity contribution in [1.29, 1.82) is 0 Å². The number of aliphatic hydroxyl groups is 2. The zero-order chi connectivity index (χ0) is 23.0. The summed E-state index contributed by atoms with van der Waals surface area (Å²) in [6.45, 7) is -0.845. The number of carbonyl (C=O) groups excluding carboxylic acids is 1. The van der Waals surface area contributed by atoms with Crippen LogP contribution in [0.25, 0.3) is 10.8 Å². The van der Waals surface area contributed by atoms with Crippen molar-refractivity contribution in [2.75, 3.05) is 19.0 Å². The molecule has 1 aliphatic heterocycles. The van der Waals surface area contributed by atoms with Gasteiger partial charge in [-0.15, -0.1) is 0 Å². The second-order valence-electron chi connectivity index (χ2n) is 7.21. The molecule has 0 saturated carbocycles. The number of amides is 1. The molecule has 3 atom stereocenters. The number of hydrogen-bond donors (Lipinski definition) is 3. The van der Waals surface area contributed by atoms with E-state index in [-0.39, 0.29) is 5.82 Å². The van der Waals surface area contributed by atoms with Gasteiger partial charge in [-0.25, -0.2) is 4.79 Å². The van der Waals surface area contributed by atoms with Crippen molar-refractivity contribution in [3.63, 3.8) is 0 Å². The number of fused-ring (bicyclic) bond motifs is 1. The molecule has 0 bridgehead atoms. The molecule has 3 aromatic rings. The van der Waals surface area contributed by atoms with Crippen LogP contribution in [0.4, 0.5) is 14.6 Å². The fourth-order valence-electron chi connectivity index (χ4n) is 3.46. The Labute approximate surface area is 179 Å². The van der Waals surface area contributed by atoms with E-state index in [1.54, 1.807) is 37.4 Å². The summed E-state index contributed by atoms with van der Waals surface area (Å²) in [4.78, 5) is 28.5. The van der Waals surface area contributed by atoms with Gasteiger partial charge in [0.1, 0.15) is 17.7 Å². The van der Waals surface area contributed by atoms with Crippen molar-refractivity contribution in [3.8, 4) is 5.75 Å². The first kappa shape index (κ1) is 21.8. The van der Waals surface area contributed by atoms with E-state index < -0.39 is 42.6 Å². The zero-order valence-electron chi connectivity index (χ0n) is 16.7. The molecule has 32 heavy (non-hydrogen) atoms. The number of halogens is 2. The lowest BCUT2D eigenvalue weighted by Crippen LogP contribution is -2.41. The number of alkyl halides is 2. The Bertz CT molecular complexity index is 1230. The minimum absolute atomic E-state index is 0.147. The van der Waals surface area contributed by atoms with Crippen LogP contribution in [0, 0.1) is 0 Å². The highest BCUT2D eigenvalue weighted by molar-refractivity contribution is 6.06. The SMILES string of the molecule is COc1ccc2cc(C(=O)Nc3ccn([C@@H]4O[C@H](CO)[C@@H](O)C4(F)F)c(=O)n3)ccc2c1. The first-order valence-electron chi connectivity index (χ1n) is 9.55. The molecular weight excluding hydrogens is 428 g/mol. The standard InChI is InChI=1S/C21H19F2N3O6/c1-31-14-5-4-11-8-13(3-2-12(11)9-14)18(29)24-16-6-7-26(20(30)25-16)19-21(22,23)17(28)15(10-27)32-19/h2-9,15,17,19,27-28H,10H2,1H3,(H,24,25,29,30)/t15-,17-,19-/m1/s1. The lowest BCUT2D eigenvalue weighted by molar-refractivity contribution is -0.140. The molecule has 2 heterocycles. The third kappa shape index (κ3) is 3.81. The number of aromatic nitrogens is 2. The molecule has 168 valence electrons. The molecule has 0 spiro atoms. The Morgan fingerprint density at radius 2 is 1.97 bits per heavy atom. The summed E-state index contributed by atoms with van der Waals surface area (Å²) >= 11 is 0. The number of nitrogens with one attached hydrogen (secondary N) is 1. The summed E-state index contributed by atoms with van der Waals surface area (Å²) in [7, 11) is 1.55. The number of nitrogens with zero attached hydrogens (tertiary/aromatic N) is 2. The van der Waals surface area contributed by atoms with Gasteiger partial charge in [-0.2, -0.15) is 13.8 Å². The Balaban J connectivity index is 1.54. The van der Waals surface area contributed by atoms with Crippen molar-refractivity contribution >= 4 is 22.5 Å². The highest BCUT2D eigenvalue weighted by Crippen LogP contribution is 2.42. The largest absolute Gasteiger partial charge is 0.497 e. The highest BCUT2D eigenvalue weighted by atomic mass is 19.3. The fourth-order valence-corrected chi connectivity index (χ4v) is 3.46. The second-order valence-corrected chi connectivity index (χ2v) is 7.21. The maximum Gasteiger partial charge on any atom is 0.351 e. The molecule has 0 aliphatic carbocycles. The molecule has 1 saturated heterocycles. The van der Waals surface area contributed by atoms with Crippen molar-refractivity contribution in [2.24, 2.45) is 0 Å². The van der Waals surface area contributed by atoms with Crippen LogP contribution in [0.15, 0.2) is 53.5 Å². The summed E-state index contributed by atoms with van der Waals surface area (Å²) < 4.78 is 39.1. The molecule has 1 fully saturated rings. The molecule has 4 rings (SSSR count). The van der Waals surface area contributed by atoms with Crippen LogP contribution in [0.1, 0.15) is 16.6 Å². The number of aliphatic hydroxyl groups excluding tert-OH is 2. The van der Waals surface area contributed by atoms with E-state index in [4.69, 9.17) is 14.6 Å². The fraction of sp³-hybridized carbons (Fsp3) is 0.286. The third-order valence-corrected chi connectivity index (χ3v) is 5.19. The van der Waals surface area contributed by atoms with Gasteiger partial charge in [-0.3, -0.25) is 9.36 Å². The van der Waals surface area contributed by atoms with Gasteiger partial charge in [0.15, 0.2) is 6.10 Å². The van der Waals surface area contributed by atoms with Crippen molar-refractivity contribution in [1.82, 2.24) is 9.55 Å². The summed E-state index contributed by atoms with van der Waals surface area (Å²) in [5.74, 6) is -3.84. The number of benzene rings is 2. The number of methoxy groups -OCH3 is 1. The van der Waals surface area contributed by atoms with Gasteiger partial charge in [-0.1, -0.05) is 12.1 Å². The second kappa shape index (κ2) is 8.26. The predicted molar refractivity (Wildman–Crippen MR) is 109 cm³/mol. The van der Waals surface area contributed by atoms with Gasteiger partial charge >= 0.3 is 11.6 Å². The van der Waals surface area contributed by atoms with Gasteiger partial charge < -0.3 is 25.0 Å². The van der Waals surface area contributed by atoms with E-state index in [1.807, 2.05) is 6.07 Å². The van der Waals surface area contributed by atoms with E-state index in [0.717, 1.165) is 23.0 Å². The van der Waals surface area contributed by atoms with E-state index in [2.05, 4.69) is 10.3 Å². The minimum Gasteiger partial charge on any atom is -0.497 e. The van der Waals surface area contributed by atoms with Gasteiger partial charge in [0.25, 0.3) is 5.91 Å². The topological polar surface area (TPSA) is 123 Å². The zero-order valence-corrected chi connectivity index (χ0v) is 16.7. The minimum atomic E-state index is -3.82. The highest BCUT2D eigenvalue weighted by Gasteiger charge is 2.59. The van der Waals surface area contributed by atoms with E-state index in [1.165, 1.54) is 0 Å².